The summed E-state index contributed by atoms with van der Waals surface area (Å²) in [4.78, 5) is 25.4. The molecular formula is C20H24N4O5S. The summed E-state index contributed by atoms with van der Waals surface area (Å²) >= 11 is 5.17. The smallest absolute Gasteiger partial charge is 0.267 e. The summed E-state index contributed by atoms with van der Waals surface area (Å²) in [7, 11) is 6.18. The fraction of sp³-hybridized carbons (Fsp3) is 0.400. The van der Waals surface area contributed by atoms with Gasteiger partial charge in [-0.15, -0.1) is 0 Å². The molecule has 0 fully saturated rings. The fourth-order valence-electron chi connectivity index (χ4n) is 3.46. The van der Waals surface area contributed by atoms with Crippen molar-refractivity contribution in [3.63, 3.8) is 0 Å². The van der Waals surface area contributed by atoms with Crippen molar-refractivity contribution < 1.29 is 19.4 Å². The van der Waals surface area contributed by atoms with Gasteiger partial charge in [0.15, 0.2) is 16.3 Å². The predicted octanol–water partition coefficient (Wildman–Crippen LogP) is 2.26. The molecule has 1 aliphatic heterocycles. The van der Waals surface area contributed by atoms with Crippen LogP contribution in [0.2, 0.25) is 0 Å². The maximum absolute atomic E-state index is 12.8. The summed E-state index contributed by atoms with van der Waals surface area (Å²) in [6.45, 7) is 1.74. The van der Waals surface area contributed by atoms with Gasteiger partial charge in [-0.3, -0.25) is 18.7 Å². The van der Waals surface area contributed by atoms with Crippen LogP contribution in [0.4, 0.5) is 0 Å². The van der Waals surface area contributed by atoms with Crippen LogP contribution in [0.5, 0.6) is 17.4 Å². The van der Waals surface area contributed by atoms with Crippen LogP contribution in [0.3, 0.4) is 0 Å². The summed E-state index contributed by atoms with van der Waals surface area (Å²) < 4.78 is 13.4. The minimum Gasteiger partial charge on any atom is -0.494 e. The standard InChI is InChI=1S/C20H24N4O5S/c1-6-16(25)24-13(11-7-8-14(28-4)15(9-11)29-5)10-12(21-24)17-18(26)22(2)20(30)23(3)19(17)27/h7-9,13,26H,6,10H2,1-5H3/t13-/m1/s1. The third kappa shape index (κ3) is 3.47. The zero-order chi connectivity index (χ0) is 22.2. The number of benzene rings is 1. The van der Waals surface area contributed by atoms with E-state index >= 15 is 0 Å². The first-order chi connectivity index (χ1) is 14.2. The number of ether oxygens (including phenoxy) is 2. The summed E-state index contributed by atoms with van der Waals surface area (Å²) in [6.07, 6.45) is 0.490. The van der Waals surface area contributed by atoms with Crippen molar-refractivity contribution in [2.24, 2.45) is 19.2 Å². The minimum absolute atomic E-state index is 0.0329. The summed E-state index contributed by atoms with van der Waals surface area (Å²) in [6, 6.07) is 4.90. The Bertz CT molecular complexity index is 1150. The molecule has 0 saturated heterocycles. The molecule has 2 heterocycles. The first kappa shape index (κ1) is 21.6. The topological polar surface area (TPSA) is 98.3 Å². The normalized spacial score (nSPS) is 15.8. The molecule has 0 bridgehead atoms. The molecule has 1 amide bonds. The Hall–Kier alpha value is -3.14. The Kier molecular flexibility index (Phi) is 5.97. The zero-order valence-electron chi connectivity index (χ0n) is 17.5. The highest BCUT2D eigenvalue weighted by molar-refractivity contribution is 7.71. The number of hydrogen-bond donors (Lipinski definition) is 1. The van der Waals surface area contributed by atoms with E-state index in [0.29, 0.717) is 17.2 Å². The number of amides is 1. The van der Waals surface area contributed by atoms with Crippen LogP contribution in [0, 0.1) is 4.77 Å². The molecule has 0 aliphatic carbocycles. The third-order valence-corrected chi connectivity index (χ3v) is 5.73. The van der Waals surface area contributed by atoms with Gasteiger partial charge >= 0.3 is 0 Å². The molecule has 3 rings (SSSR count). The third-order valence-electron chi connectivity index (χ3n) is 5.18. The number of nitrogens with zero attached hydrogens (tertiary/aromatic N) is 4. The number of carbonyl (C=O) groups excluding carboxylic acids is 1. The first-order valence-electron chi connectivity index (χ1n) is 9.35. The van der Waals surface area contributed by atoms with Gasteiger partial charge in [0.05, 0.1) is 26.0 Å². The Labute approximate surface area is 178 Å². The number of hydrogen-bond acceptors (Lipinski definition) is 7. The maximum Gasteiger partial charge on any atom is 0.267 e. The van der Waals surface area contributed by atoms with Gasteiger partial charge in [0.2, 0.25) is 11.8 Å². The molecule has 9 nitrogen and oxygen atoms in total. The molecule has 2 aromatic rings. The molecule has 1 aliphatic rings. The van der Waals surface area contributed by atoms with Crippen LogP contribution in [0.25, 0.3) is 0 Å². The Balaban J connectivity index is 2.13. The highest BCUT2D eigenvalue weighted by atomic mass is 32.1. The van der Waals surface area contributed by atoms with Crippen molar-refractivity contribution >= 4 is 23.8 Å². The molecule has 0 saturated carbocycles. The number of rotatable bonds is 5. The average Bonchev–Trinajstić information content (AvgIpc) is 3.20. The van der Waals surface area contributed by atoms with Gasteiger partial charge in [-0.1, -0.05) is 13.0 Å². The van der Waals surface area contributed by atoms with E-state index in [-0.39, 0.29) is 35.0 Å². The van der Waals surface area contributed by atoms with Crippen molar-refractivity contribution in [2.75, 3.05) is 14.2 Å². The van der Waals surface area contributed by atoms with E-state index in [1.807, 2.05) is 6.07 Å². The number of aromatic hydroxyl groups is 1. The van der Waals surface area contributed by atoms with Gasteiger partial charge in [-0.2, -0.15) is 5.10 Å². The fourth-order valence-corrected chi connectivity index (χ4v) is 3.63. The van der Waals surface area contributed by atoms with Crippen LogP contribution in [0.1, 0.15) is 36.9 Å². The largest absolute Gasteiger partial charge is 0.494 e. The number of carbonyl (C=O) groups is 1. The van der Waals surface area contributed by atoms with Crippen LogP contribution in [-0.2, 0) is 18.9 Å². The van der Waals surface area contributed by atoms with Crippen LogP contribution >= 0.6 is 12.2 Å². The maximum atomic E-state index is 12.8. The molecule has 160 valence electrons. The van der Waals surface area contributed by atoms with Crippen LogP contribution in [0.15, 0.2) is 28.1 Å². The minimum atomic E-state index is -0.466. The van der Waals surface area contributed by atoms with E-state index in [1.165, 1.54) is 28.3 Å². The first-order valence-corrected chi connectivity index (χ1v) is 9.76. The number of aromatic nitrogens is 2. The lowest BCUT2D eigenvalue weighted by Gasteiger charge is -2.22. The monoisotopic (exact) mass is 432 g/mol. The van der Waals surface area contributed by atoms with Gasteiger partial charge < -0.3 is 14.6 Å². The van der Waals surface area contributed by atoms with E-state index < -0.39 is 11.6 Å². The zero-order valence-corrected chi connectivity index (χ0v) is 18.3. The highest BCUT2D eigenvalue weighted by Crippen LogP contribution is 2.38. The lowest BCUT2D eigenvalue weighted by molar-refractivity contribution is -0.132. The molecule has 0 radical (unpaired) electrons. The highest BCUT2D eigenvalue weighted by Gasteiger charge is 2.35. The van der Waals surface area contributed by atoms with Gasteiger partial charge in [0, 0.05) is 26.9 Å². The lowest BCUT2D eigenvalue weighted by Crippen LogP contribution is -2.28. The van der Waals surface area contributed by atoms with Crippen LogP contribution < -0.4 is 15.0 Å². The van der Waals surface area contributed by atoms with Crippen molar-refractivity contribution in [1.29, 1.82) is 0 Å². The second-order valence-electron chi connectivity index (χ2n) is 6.88. The van der Waals surface area contributed by atoms with E-state index in [9.17, 15) is 14.7 Å². The number of hydrazone groups is 1. The molecule has 0 spiro atoms. The molecule has 1 atom stereocenters. The van der Waals surface area contributed by atoms with E-state index in [1.54, 1.807) is 33.2 Å². The summed E-state index contributed by atoms with van der Waals surface area (Å²) in [5.74, 6) is 0.602. The molecule has 1 aromatic carbocycles. The van der Waals surface area contributed by atoms with E-state index in [4.69, 9.17) is 21.7 Å². The SMILES string of the molecule is CCC(=O)N1N=C(c2c(O)n(C)c(=S)n(C)c2=O)C[C@@H]1c1ccc(OC)c(OC)c1. The van der Waals surface area contributed by atoms with Gasteiger partial charge in [0.25, 0.3) is 5.56 Å². The molecule has 10 heteroatoms. The Morgan fingerprint density at radius 2 is 1.90 bits per heavy atom. The molecule has 30 heavy (non-hydrogen) atoms. The quantitative estimate of drug-likeness (QED) is 0.728. The van der Waals surface area contributed by atoms with E-state index in [0.717, 1.165) is 5.56 Å². The van der Waals surface area contributed by atoms with Crippen molar-refractivity contribution in [1.82, 2.24) is 14.1 Å². The van der Waals surface area contributed by atoms with Gasteiger partial charge in [-0.25, -0.2) is 5.01 Å². The second-order valence-corrected chi connectivity index (χ2v) is 7.24. The van der Waals surface area contributed by atoms with E-state index in [2.05, 4.69) is 5.10 Å². The lowest BCUT2D eigenvalue weighted by atomic mass is 9.98. The second kappa shape index (κ2) is 8.31. The van der Waals surface area contributed by atoms with Crippen molar-refractivity contribution in [3.8, 4) is 17.4 Å². The molecule has 1 aromatic heterocycles. The molecule has 1 N–H and O–H groups in total. The van der Waals surface area contributed by atoms with Crippen molar-refractivity contribution in [3.05, 3.63) is 44.5 Å². The van der Waals surface area contributed by atoms with Gasteiger partial charge in [-0.05, 0) is 29.9 Å². The van der Waals surface area contributed by atoms with Gasteiger partial charge in [0.1, 0.15) is 5.56 Å². The average molecular weight is 433 g/mol. The van der Waals surface area contributed by atoms with Crippen LogP contribution in [-0.4, -0.2) is 45.1 Å². The van der Waals surface area contributed by atoms with Crippen molar-refractivity contribution in [2.45, 2.75) is 25.8 Å². The Morgan fingerprint density at radius 3 is 2.50 bits per heavy atom. The Morgan fingerprint density at radius 1 is 1.23 bits per heavy atom. The summed E-state index contributed by atoms with van der Waals surface area (Å²) in [5.41, 5.74) is 0.658. The number of methoxy groups -OCH3 is 2. The summed E-state index contributed by atoms with van der Waals surface area (Å²) in [5, 5.41) is 16.4. The molecular weight excluding hydrogens is 408 g/mol. The molecule has 0 unspecified atom stereocenters. The predicted molar refractivity (Wildman–Crippen MR) is 114 cm³/mol.